The molecule has 2 heterocycles. The summed E-state index contributed by atoms with van der Waals surface area (Å²) >= 11 is 2.97. The van der Waals surface area contributed by atoms with Crippen LogP contribution >= 0.6 is 12.4 Å². The minimum Gasteiger partial charge on any atom is -0.147 e. The second-order valence-electron chi connectivity index (χ2n) is 6.38. The third kappa shape index (κ3) is 5.03. The van der Waals surface area contributed by atoms with Crippen molar-refractivity contribution in [3.63, 3.8) is 0 Å². The summed E-state index contributed by atoms with van der Waals surface area (Å²) in [5, 5.41) is 19.4. The van der Waals surface area contributed by atoms with Gasteiger partial charge in [-0.2, -0.15) is 0 Å². The molecule has 0 aliphatic carbocycles. The molecule has 0 unspecified atom stereocenters. The topological polar surface area (TPSA) is 76.5 Å². The number of nitrogens with zero attached hydrogens (tertiary/aromatic N) is 3. The monoisotopic (exact) mass is 461 g/mol. The Morgan fingerprint density at radius 3 is 2.59 bits per heavy atom. The van der Waals surface area contributed by atoms with Gasteiger partial charge >= 0.3 is 160 Å². The zero-order valence-corrected chi connectivity index (χ0v) is 17.7. The van der Waals surface area contributed by atoms with Crippen molar-refractivity contribution in [3.8, 4) is 11.5 Å². The van der Waals surface area contributed by atoms with Gasteiger partial charge in [-0.25, -0.2) is 0 Å². The fourth-order valence-corrected chi connectivity index (χ4v) is 3.66. The SMILES string of the molecule is CN1C(=[Se])N(CCCN2CCOCC2)C(=O)C1=Cc1ccc(O)cc1O.Cl. The van der Waals surface area contributed by atoms with Gasteiger partial charge in [-0.05, 0) is 0 Å². The Hall–Kier alpha value is -1.57. The summed E-state index contributed by atoms with van der Waals surface area (Å²) < 4.78 is 6.10. The number of benzene rings is 1. The van der Waals surface area contributed by atoms with Gasteiger partial charge in [-0.3, -0.25) is 0 Å². The van der Waals surface area contributed by atoms with Gasteiger partial charge in [0.1, 0.15) is 0 Å². The van der Waals surface area contributed by atoms with Crippen LogP contribution in [0.25, 0.3) is 6.08 Å². The second kappa shape index (κ2) is 9.57. The van der Waals surface area contributed by atoms with Crippen LogP contribution in [0.2, 0.25) is 0 Å². The number of hydrogen-bond donors (Lipinski definition) is 2. The molecule has 1 amide bonds. The van der Waals surface area contributed by atoms with Crippen LogP contribution in [0.3, 0.4) is 0 Å². The van der Waals surface area contributed by atoms with E-state index in [9.17, 15) is 15.0 Å². The summed E-state index contributed by atoms with van der Waals surface area (Å²) in [5.41, 5.74) is 0.965. The molecule has 0 saturated carbocycles. The molecule has 27 heavy (non-hydrogen) atoms. The standard InChI is InChI=1S/C18H23N3O4Se.ClH/c1-19-15(11-13-3-4-14(22)12-16(13)23)17(24)21(18(19)26)6-2-5-20-7-9-25-10-8-20;/h3-4,11-12,22-23H,2,5-10H2,1H3;1H. The molecule has 0 aromatic heterocycles. The van der Waals surface area contributed by atoms with Gasteiger partial charge in [-0.15, -0.1) is 12.4 Å². The van der Waals surface area contributed by atoms with Crippen LogP contribution in [0.15, 0.2) is 23.9 Å². The minimum absolute atomic E-state index is 0. The Balaban J connectivity index is 0.00000261. The Kier molecular flexibility index (Phi) is 7.70. The molecule has 2 aliphatic heterocycles. The van der Waals surface area contributed by atoms with Gasteiger partial charge in [0.2, 0.25) is 0 Å². The van der Waals surface area contributed by atoms with E-state index >= 15 is 0 Å². The summed E-state index contributed by atoms with van der Waals surface area (Å²) in [4.78, 5) is 18.7. The predicted molar refractivity (Wildman–Crippen MR) is 107 cm³/mol. The van der Waals surface area contributed by atoms with Crippen LogP contribution < -0.4 is 0 Å². The molecule has 0 bridgehead atoms. The number of carbonyl (C=O) groups excluding carboxylic acids is 1. The van der Waals surface area contributed by atoms with Crippen molar-refractivity contribution in [1.82, 2.24) is 14.7 Å². The number of phenolic OH excluding ortho intramolecular Hbond substituents is 2. The smallest absolute Gasteiger partial charge is 0.147 e. The summed E-state index contributed by atoms with van der Waals surface area (Å²) in [6.45, 7) is 4.98. The number of hydrogen-bond acceptors (Lipinski definition) is 6. The molecule has 2 aliphatic rings. The van der Waals surface area contributed by atoms with Crippen LogP contribution in [-0.2, 0) is 9.53 Å². The number of aromatic hydroxyl groups is 2. The molecule has 2 N–H and O–H groups in total. The third-order valence-electron chi connectivity index (χ3n) is 4.61. The fourth-order valence-electron chi connectivity index (χ4n) is 3.09. The quantitative estimate of drug-likeness (QED) is 0.495. The van der Waals surface area contributed by atoms with Crippen molar-refractivity contribution in [2.75, 3.05) is 46.4 Å². The first-order valence-electron chi connectivity index (χ1n) is 8.60. The molecule has 0 spiro atoms. The van der Waals surface area contributed by atoms with Crippen molar-refractivity contribution < 1.29 is 19.7 Å². The van der Waals surface area contributed by atoms with E-state index in [4.69, 9.17) is 4.74 Å². The molecular formula is C18H24ClN3O4Se. The zero-order valence-electron chi connectivity index (χ0n) is 15.1. The molecule has 2 fully saturated rings. The van der Waals surface area contributed by atoms with E-state index in [0.29, 0.717) is 17.8 Å². The maximum absolute atomic E-state index is 12.8. The predicted octanol–water partition coefficient (Wildman–Crippen LogP) is 0.613. The van der Waals surface area contributed by atoms with E-state index in [1.165, 1.54) is 12.1 Å². The van der Waals surface area contributed by atoms with E-state index in [1.54, 1.807) is 21.9 Å². The molecular weight excluding hydrogens is 437 g/mol. The van der Waals surface area contributed by atoms with Gasteiger partial charge < -0.3 is 0 Å². The van der Waals surface area contributed by atoms with Crippen LogP contribution in [0.4, 0.5) is 0 Å². The van der Waals surface area contributed by atoms with Gasteiger partial charge in [0.25, 0.3) is 0 Å². The summed E-state index contributed by atoms with van der Waals surface area (Å²) in [6, 6.07) is 4.32. The number of amides is 1. The first-order valence-corrected chi connectivity index (χ1v) is 9.46. The summed E-state index contributed by atoms with van der Waals surface area (Å²) in [6.07, 6.45) is 2.51. The molecule has 2 saturated heterocycles. The molecule has 9 heteroatoms. The van der Waals surface area contributed by atoms with Gasteiger partial charge in [0, 0.05) is 0 Å². The molecule has 148 valence electrons. The third-order valence-corrected chi connectivity index (χ3v) is 5.65. The average molecular weight is 461 g/mol. The van der Waals surface area contributed by atoms with Crippen LogP contribution in [0.5, 0.6) is 11.5 Å². The Bertz CT molecular complexity index is 737. The summed E-state index contributed by atoms with van der Waals surface area (Å²) in [7, 11) is 1.81. The van der Waals surface area contributed by atoms with Gasteiger partial charge in [0.05, 0.1) is 0 Å². The fraction of sp³-hybridized carbons (Fsp3) is 0.444. The number of halogens is 1. The maximum atomic E-state index is 12.8. The minimum atomic E-state index is -0.101. The largest absolute Gasteiger partial charge is 0.147 e. The van der Waals surface area contributed by atoms with Crippen molar-refractivity contribution in [3.05, 3.63) is 29.5 Å². The second-order valence-corrected chi connectivity index (χ2v) is 7.14. The van der Waals surface area contributed by atoms with Crippen LogP contribution in [0.1, 0.15) is 12.0 Å². The van der Waals surface area contributed by atoms with E-state index in [0.717, 1.165) is 43.9 Å². The first kappa shape index (κ1) is 21.7. The van der Waals surface area contributed by atoms with Crippen molar-refractivity contribution in [2.24, 2.45) is 0 Å². The van der Waals surface area contributed by atoms with E-state index in [-0.39, 0.29) is 29.8 Å². The average Bonchev–Trinajstić information content (AvgIpc) is 2.82. The number of likely N-dealkylation sites (N-methyl/N-ethyl adjacent to an activating group) is 1. The van der Waals surface area contributed by atoms with Gasteiger partial charge in [-0.1, -0.05) is 0 Å². The summed E-state index contributed by atoms with van der Waals surface area (Å²) in [5.74, 6) is -0.182. The normalized spacial score (nSPS) is 19.7. The van der Waals surface area contributed by atoms with E-state index in [2.05, 4.69) is 20.5 Å². The van der Waals surface area contributed by atoms with Crippen molar-refractivity contribution >= 4 is 44.6 Å². The van der Waals surface area contributed by atoms with Gasteiger partial charge in [0.15, 0.2) is 0 Å². The van der Waals surface area contributed by atoms with E-state index < -0.39 is 0 Å². The Morgan fingerprint density at radius 2 is 1.93 bits per heavy atom. The number of ether oxygens (including phenoxy) is 1. The number of carbonyl (C=O) groups is 1. The Labute approximate surface area is 173 Å². The van der Waals surface area contributed by atoms with Crippen LogP contribution in [0, 0.1) is 0 Å². The molecule has 1 aromatic carbocycles. The molecule has 3 rings (SSSR count). The van der Waals surface area contributed by atoms with Crippen LogP contribution in [-0.4, -0.2) is 97.5 Å². The first-order chi connectivity index (χ1) is 12.5. The Morgan fingerprint density at radius 1 is 1.22 bits per heavy atom. The molecule has 0 atom stereocenters. The number of phenols is 2. The van der Waals surface area contributed by atoms with Crippen molar-refractivity contribution in [2.45, 2.75) is 6.42 Å². The van der Waals surface area contributed by atoms with E-state index in [1.807, 2.05) is 7.05 Å². The van der Waals surface area contributed by atoms with Crippen molar-refractivity contribution in [1.29, 1.82) is 0 Å². The number of rotatable bonds is 5. The number of morpholine rings is 1. The molecule has 7 nitrogen and oxygen atoms in total. The maximum Gasteiger partial charge on any atom is -0.147 e. The molecule has 1 aromatic rings. The molecule has 0 radical (unpaired) electrons. The zero-order chi connectivity index (χ0) is 18.7.